The van der Waals surface area contributed by atoms with Gasteiger partial charge in [-0.3, -0.25) is 0 Å². The van der Waals surface area contributed by atoms with Crippen molar-refractivity contribution in [3.05, 3.63) is 30.0 Å². The van der Waals surface area contributed by atoms with Gasteiger partial charge in [0.25, 0.3) is 0 Å². The number of hydrogen-bond donors (Lipinski definition) is 1. The first-order valence-electron chi connectivity index (χ1n) is 5.58. The topological polar surface area (TPSA) is 25.0 Å². The van der Waals surface area contributed by atoms with E-state index in [1.165, 1.54) is 16.6 Å². The maximum atomic E-state index is 5.59. The van der Waals surface area contributed by atoms with E-state index >= 15 is 0 Å². The second kappa shape index (κ2) is 4.39. The number of fused-ring (bicyclic) bond motifs is 1. The van der Waals surface area contributed by atoms with Crippen LogP contribution in [0.3, 0.4) is 0 Å². The lowest BCUT2D eigenvalue weighted by Gasteiger charge is -2.02. The molecule has 0 radical (unpaired) electrons. The fraction of sp³-hybridized carbons (Fsp3) is 0.385. The Morgan fingerprint density at radius 3 is 2.87 bits per heavy atom. The molecule has 0 aliphatic heterocycles. The van der Waals surface area contributed by atoms with E-state index in [1.54, 1.807) is 0 Å². The maximum Gasteiger partial charge on any atom is 0.128 e. The molecule has 0 aliphatic rings. The van der Waals surface area contributed by atoms with Crippen molar-refractivity contribution in [1.82, 2.24) is 4.98 Å². The summed E-state index contributed by atoms with van der Waals surface area (Å²) in [6.45, 7) is 4.92. The summed E-state index contributed by atoms with van der Waals surface area (Å²) in [4.78, 5) is 3.42. The first-order chi connectivity index (χ1) is 7.35. The lowest BCUT2D eigenvalue weighted by Crippen LogP contribution is -1.90. The van der Waals surface area contributed by atoms with Crippen molar-refractivity contribution in [1.29, 1.82) is 0 Å². The van der Waals surface area contributed by atoms with Crippen LogP contribution in [0.25, 0.3) is 10.9 Å². The average molecular weight is 203 g/mol. The second-order valence-electron chi connectivity index (χ2n) is 3.69. The average Bonchev–Trinajstić information content (AvgIpc) is 2.62. The maximum absolute atomic E-state index is 5.59. The molecule has 0 saturated heterocycles. The summed E-state index contributed by atoms with van der Waals surface area (Å²) in [6, 6.07) is 8.34. The van der Waals surface area contributed by atoms with Gasteiger partial charge in [-0.05, 0) is 31.5 Å². The van der Waals surface area contributed by atoms with Gasteiger partial charge >= 0.3 is 0 Å². The minimum atomic E-state index is 0.716. The smallest absolute Gasteiger partial charge is 0.128 e. The van der Waals surface area contributed by atoms with E-state index in [0.717, 1.165) is 18.6 Å². The zero-order valence-electron chi connectivity index (χ0n) is 9.34. The Labute approximate surface area is 90.3 Å². The van der Waals surface area contributed by atoms with Crippen LogP contribution in [0, 0.1) is 0 Å². The molecule has 1 heterocycles. The third-order valence-electron chi connectivity index (χ3n) is 2.50. The summed E-state index contributed by atoms with van der Waals surface area (Å²) in [5.74, 6) is 0.980. The number of aromatic amines is 1. The fourth-order valence-corrected chi connectivity index (χ4v) is 1.87. The van der Waals surface area contributed by atoms with Crippen LogP contribution < -0.4 is 4.74 Å². The number of rotatable bonds is 4. The van der Waals surface area contributed by atoms with Gasteiger partial charge < -0.3 is 9.72 Å². The summed E-state index contributed by atoms with van der Waals surface area (Å²) in [5.41, 5.74) is 2.46. The van der Waals surface area contributed by atoms with Gasteiger partial charge in [-0.15, -0.1) is 0 Å². The van der Waals surface area contributed by atoms with E-state index in [2.05, 4.69) is 24.0 Å². The summed E-state index contributed by atoms with van der Waals surface area (Å²) < 4.78 is 5.59. The molecule has 2 rings (SSSR count). The Morgan fingerprint density at radius 2 is 2.13 bits per heavy atom. The number of benzene rings is 1. The number of aromatic nitrogens is 1. The minimum Gasteiger partial charge on any atom is -0.493 e. The molecule has 2 nitrogen and oxygen atoms in total. The van der Waals surface area contributed by atoms with Gasteiger partial charge in [-0.2, -0.15) is 0 Å². The van der Waals surface area contributed by atoms with Crippen LogP contribution in [0.5, 0.6) is 5.75 Å². The van der Waals surface area contributed by atoms with Crippen LogP contribution in [0.2, 0.25) is 0 Å². The molecule has 1 aromatic carbocycles. The van der Waals surface area contributed by atoms with E-state index in [9.17, 15) is 0 Å². The molecule has 15 heavy (non-hydrogen) atoms. The van der Waals surface area contributed by atoms with Crippen molar-refractivity contribution in [2.75, 3.05) is 6.61 Å². The van der Waals surface area contributed by atoms with Gasteiger partial charge in [0.05, 0.1) is 6.61 Å². The SMILES string of the molecule is CCCc1cc2c(OCC)cccc2[nH]1. The lowest BCUT2D eigenvalue weighted by molar-refractivity contribution is 0.344. The van der Waals surface area contributed by atoms with Gasteiger partial charge in [0.15, 0.2) is 0 Å². The second-order valence-corrected chi connectivity index (χ2v) is 3.69. The highest BCUT2D eigenvalue weighted by atomic mass is 16.5. The van der Waals surface area contributed by atoms with Gasteiger partial charge in [-0.25, -0.2) is 0 Å². The molecule has 1 N–H and O–H groups in total. The molecule has 0 unspecified atom stereocenters. The largest absolute Gasteiger partial charge is 0.493 e. The first kappa shape index (κ1) is 10.1. The first-order valence-corrected chi connectivity index (χ1v) is 5.58. The van der Waals surface area contributed by atoms with E-state index in [0.29, 0.717) is 6.61 Å². The van der Waals surface area contributed by atoms with E-state index in [-0.39, 0.29) is 0 Å². The molecule has 0 saturated carbocycles. The van der Waals surface area contributed by atoms with Crippen molar-refractivity contribution < 1.29 is 4.74 Å². The minimum absolute atomic E-state index is 0.716. The highest BCUT2D eigenvalue weighted by molar-refractivity contribution is 5.86. The Balaban J connectivity index is 2.44. The van der Waals surface area contributed by atoms with Gasteiger partial charge in [0.2, 0.25) is 0 Å². The Bertz CT molecular complexity index is 445. The molecule has 0 fully saturated rings. The van der Waals surface area contributed by atoms with E-state index in [1.807, 2.05) is 19.1 Å². The van der Waals surface area contributed by atoms with Crippen LogP contribution in [-0.4, -0.2) is 11.6 Å². The summed E-state index contributed by atoms with van der Waals surface area (Å²) >= 11 is 0. The standard InChI is InChI=1S/C13H17NO/c1-3-6-10-9-11-12(14-10)7-5-8-13(11)15-4-2/h5,7-9,14H,3-4,6H2,1-2H3. The molecule has 80 valence electrons. The van der Waals surface area contributed by atoms with E-state index < -0.39 is 0 Å². The molecular weight excluding hydrogens is 186 g/mol. The van der Waals surface area contributed by atoms with Crippen LogP contribution in [0.4, 0.5) is 0 Å². The third-order valence-corrected chi connectivity index (χ3v) is 2.50. The molecule has 0 bridgehead atoms. The Hall–Kier alpha value is -1.44. The summed E-state index contributed by atoms with van der Waals surface area (Å²) in [7, 11) is 0. The molecular formula is C13H17NO. The van der Waals surface area contributed by atoms with Crippen molar-refractivity contribution in [2.24, 2.45) is 0 Å². The van der Waals surface area contributed by atoms with E-state index in [4.69, 9.17) is 4.74 Å². The number of nitrogens with one attached hydrogen (secondary N) is 1. The predicted molar refractivity (Wildman–Crippen MR) is 63.5 cm³/mol. The molecule has 2 aromatic rings. The van der Waals surface area contributed by atoms with Crippen LogP contribution in [-0.2, 0) is 6.42 Å². The number of aryl methyl sites for hydroxylation is 1. The molecule has 1 aromatic heterocycles. The van der Waals surface area contributed by atoms with Crippen molar-refractivity contribution >= 4 is 10.9 Å². The van der Waals surface area contributed by atoms with Crippen LogP contribution in [0.15, 0.2) is 24.3 Å². The highest BCUT2D eigenvalue weighted by Crippen LogP contribution is 2.26. The Kier molecular flexibility index (Phi) is 2.95. The van der Waals surface area contributed by atoms with Crippen molar-refractivity contribution in [3.63, 3.8) is 0 Å². The quantitative estimate of drug-likeness (QED) is 0.808. The number of H-pyrrole nitrogens is 1. The number of hydrogen-bond acceptors (Lipinski definition) is 1. The zero-order chi connectivity index (χ0) is 10.7. The van der Waals surface area contributed by atoms with Crippen LogP contribution >= 0.6 is 0 Å². The Morgan fingerprint density at radius 1 is 1.27 bits per heavy atom. The van der Waals surface area contributed by atoms with Gasteiger partial charge in [0, 0.05) is 16.6 Å². The molecule has 2 heteroatoms. The normalized spacial score (nSPS) is 10.8. The van der Waals surface area contributed by atoms with Gasteiger partial charge in [-0.1, -0.05) is 19.4 Å². The highest BCUT2D eigenvalue weighted by Gasteiger charge is 2.04. The molecule has 0 atom stereocenters. The summed E-state index contributed by atoms with van der Waals surface area (Å²) in [5, 5.41) is 1.20. The zero-order valence-corrected chi connectivity index (χ0v) is 9.34. The molecule has 0 spiro atoms. The molecule has 0 aliphatic carbocycles. The predicted octanol–water partition coefficient (Wildman–Crippen LogP) is 3.52. The van der Waals surface area contributed by atoms with Crippen molar-refractivity contribution in [2.45, 2.75) is 26.7 Å². The van der Waals surface area contributed by atoms with Gasteiger partial charge in [0.1, 0.15) is 5.75 Å². The number of ether oxygens (including phenoxy) is 1. The summed E-state index contributed by atoms with van der Waals surface area (Å²) in [6.07, 6.45) is 2.26. The fourth-order valence-electron chi connectivity index (χ4n) is 1.87. The van der Waals surface area contributed by atoms with Crippen molar-refractivity contribution in [3.8, 4) is 5.75 Å². The van der Waals surface area contributed by atoms with Crippen LogP contribution in [0.1, 0.15) is 26.0 Å². The monoisotopic (exact) mass is 203 g/mol. The molecule has 0 amide bonds. The lowest BCUT2D eigenvalue weighted by atomic mass is 10.2. The third kappa shape index (κ3) is 1.99.